The summed E-state index contributed by atoms with van der Waals surface area (Å²) in [5, 5.41) is 2.09. The number of aromatic amines is 1. The molecule has 2 rings (SSSR count). The molecule has 0 aliphatic carbocycles. The molecule has 1 heterocycles. The fourth-order valence-electron chi connectivity index (χ4n) is 2.56. The average molecular weight is 320 g/mol. The molecule has 0 amide bonds. The highest BCUT2D eigenvalue weighted by atomic mass is 32.1. The number of unbranched alkanes of at least 4 members (excludes halogenated alkanes) is 6. The van der Waals surface area contributed by atoms with Gasteiger partial charge in [-0.2, -0.15) is 0 Å². The van der Waals surface area contributed by atoms with Crippen LogP contribution in [0.2, 0.25) is 0 Å². The van der Waals surface area contributed by atoms with Crippen LogP contribution in [0.15, 0.2) is 29.6 Å². The van der Waals surface area contributed by atoms with Crippen LogP contribution in [0.3, 0.4) is 0 Å². The number of hydrogen-bond donors (Lipinski definition) is 1. The summed E-state index contributed by atoms with van der Waals surface area (Å²) in [6.45, 7) is 2.27. The Morgan fingerprint density at radius 1 is 0.952 bits per heavy atom. The highest BCUT2D eigenvalue weighted by Crippen LogP contribution is 2.21. The van der Waals surface area contributed by atoms with Gasteiger partial charge in [0.15, 0.2) is 3.95 Å². The van der Waals surface area contributed by atoms with Gasteiger partial charge >= 0.3 is 0 Å². The van der Waals surface area contributed by atoms with Crippen molar-refractivity contribution >= 4 is 23.6 Å². The first-order valence-corrected chi connectivity index (χ1v) is 9.35. The van der Waals surface area contributed by atoms with Crippen LogP contribution in [-0.2, 0) is 6.42 Å². The zero-order chi connectivity index (χ0) is 14.9. The van der Waals surface area contributed by atoms with Gasteiger partial charge < -0.3 is 4.98 Å². The Morgan fingerprint density at radius 3 is 2.24 bits per heavy atom. The Balaban J connectivity index is 1.71. The molecular formula is C18H25NS2. The predicted molar refractivity (Wildman–Crippen MR) is 96.6 cm³/mol. The fraction of sp³-hybridized carbons (Fsp3) is 0.500. The molecule has 0 fully saturated rings. The van der Waals surface area contributed by atoms with Gasteiger partial charge in [0.05, 0.1) is 5.69 Å². The molecule has 1 aromatic carbocycles. The summed E-state index contributed by atoms with van der Waals surface area (Å²) < 4.78 is 0.845. The summed E-state index contributed by atoms with van der Waals surface area (Å²) in [5.74, 6) is 0. The summed E-state index contributed by atoms with van der Waals surface area (Å²) in [6, 6.07) is 8.90. The third-order valence-electron chi connectivity index (χ3n) is 3.85. The second kappa shape index (κ2) is 9.16. The van der Waals surface area contributed by atoms with Gasteiger partial charge in [-0.05, 0) is 36.2 Å². The predicted octanol–water partition coefficient (Wildman–Crippen LogP) is 6.77. The van der Waals surface area contributed by atoms with Gasteiger partial charge in [-0.15, -0.1) is 11.3 Å². The average Bonchev–Trinajstić information content (AvgIpc) is 2.93. The van der Waals surface area contributed by atoms with Crippen molar-refractivity contribution in [1.29, 1.82) is 0 Å². The second-order valence-electron chi connectivity index (χ2n) is 5.63. The van der Waals surface area contributed by atoms with Gasteiger partial charge in [-0.25, -0.2) is 0 Å². The SMILES string of the molecule is CCCCCCCCCc1ccc(-c2csc(=S)[nH]2)cc1. The number of hydrogen-bond acceptors (Lipinski definition) is 2. The maximum atomic E-state index is 5.13. The quantitative estimate of drug-likeness (QED) is 0.398. The highest BCUT2D eigenvalue weighted by Gasteiger charge is 2.00. The number of H-pyrrole nitrogens is 1. The van der Waals surface area contributed by atoms with E-state index in [2.05, 4.69) is 41.6 Å². The molecule has 0 saturated heterocycles. The lowest BCUT2D eigenvalue weighted by Gasteiger charge is -2.04. The Morgan fingerprint density at radius 2 is 1.62 bits per heavy atom. The molecule has 0 aliphatic heterocycles. The maximum absolute atomic E-state index is 5.13. The lowest BCUT2D eigenvalue weighted by atomic mass is 10.0. The first-order valence-electron chi connectivity index (χ1n) is 8.06. The normalized spacial score (nSPS) is 10.9. The third-order valence-corrected chi connectivity index (χ3v) is 4.91. The number of rotatable bonds is 9. The van der Waals surface area contributed by atoms with E-state index in [0.717, 1.165) is 9.65 Å². The van der Waals surface area contributed by atoms with E-state index in [1.54, 1.807) is 11.3 Å². The van der Waals surface area contributed by atoms with E-state index in [9.17, 15) is 0 Å². The van der Waals surface area contributed by atoms with E-state index in [4.69, 9.17) is 12.2 Å². The van der Waals surface area contributed by atoms with Crippen molar-refractivity contribution < 1.29 is 0 Å². The van der Waals surface area contributed by atoms with E-state index in [0.29, 0.717) is 0 Å². The molecule has 0 bridgehead atoms. The topological polar surface area (TPSA) is 15.8 Å². The summed E-state index contributed by atoms with van der Waals surface area (Å²) in [4.78, 5) is 3.22. The van der Waals surface area contributed by atoms with E-state index in [1.165, 1.54) is 62.5 Å². The number of thiazole rings is 1. The van der Waals surface area contributed by atoms with Gasteiger partial charge in [0.2, 0.25) is 0 Å². The molecule has 0 unspecified atom stereocenters. The Kier molecular flexibility index (Phi) is 7.17. The molecule has 0 aliphatic rings. The number of nitrogens with one attached hydrogen (secondary N) is 1. The summed E-state index contributed by atoms with van der Waals surface area (Å²) in [5.41, 5.74) is 3.80. The molecule has 0 saturated carbocycles. The monoisotopic (exact) mass is 319 g/mol. The van der Waals surface area contributed by atoms with Gasteiger partial charge in [0.1, 0.15) is 0 Å². The summed E-state index contributed by atoms with van der Waals surface area (Å²) >= 11 is 6.72. The molecule has 21 heavy (non-hydrogen) atoms. The van der Waals surface area contributed by atoms with Crippen molar-refractivity contribution in [2.24, 2.45) is 0 Å². The highest BCUT2D eigenvalue weighted by molar-refractivity contribution is 7.73. The molecule has 2 aromatic rings. The maximum Gasteiger partial charge on any atom is 0.158 e. The van der Waals surface area contributed by atoms with Crippen LogP contribution in [0, 0.1) is 3.95 Å². The molecule has 0 atom stereocenters. The lowest BCUT2D eigenvalue weighted by molar-refractivity contribution is 0.589. The van der Waals surface area contributed by atoms with Crippen LogP contribution >= 0.6 is 23.6 Å². The molecule has 1 nitrogen and oxygen atoms in total. The molecule has 3 heteroatoms. The Labute approximate surface area is 137 Å². The first-order chi connectivity index (χ1) is 10.3. The van der Waals surface area contributed by atoms with Crippen molar-refractivity contribution in [2.45, 2.75) is 58.3 Å². The van der Waals surface area contributed by atoms with Gasteiger partial charge in [-0.3, -0.25) is 0 Å². The minimum atomic E-state index is 0.845. The third kappa shape index (κ3) is 5.76. The summed E-state index contributed by atoms with van der Waals surface area (Å²) in [7, 11) is 0. The Bertz CT molecular complexity index is 565. The lowest BCUT2D eigenvalue weighted by Crippen LogP contribution is -1.87. The van der Waals surface area contributed by atoms with Gasteiger partial charge in [-0.1, -0.05) is 69.7 Å². The van der Waals surface area contributed by atoms with E-state index < -0.39 is 0 Å². The van der Waals surface area contributed by atoms with E-state index in [1.807, 2.05) is 0 Å². The molecule has 1 N–H and O–H groups in total. The van der Waals surface area contributed by atoms with Crippen LogP contribution in [0.4, 0.5) is 0 Å². The zero-order valence-electron chi connectivity index (χ0n) is 12.9. The molecule has 114 valence electrons. The van der Waals surface area contributed by atoms with Crippen molar-refractivity contribution in [3.63, 3.8) is 0 Å². The van der Waals surface area contributed by atoms with Gasteiger partial charge in [0.25, 0.3) is 0 Å². The minimum Gasteiger partial charge on any atom is -0.337 e. The van der Waals surface area contributed by atoms with E-state index >= 15 is 0 Å². The van der Waals surface area contributed by atoms with Crippen LogP contribution in [0.5, 0.6) is 0 Å². The first kappa shape index (κ1) is 16.4. The molecule has 0 spiro atoms. The molecule has 0 radical (unpaired) electrons. The fourth-order valence-corrected chi connectivity index (χ4v) is 3.40. The van der Waals surface area contributed by atoms with Crippen LogP contribution in [-0.4, -0.2) is 4.98 Å². The molecule has 1 aromatic heterocycles. The number of aromatic nitrogens is 1. The van der Waals surface area contributed by atoms with Crippen molar-refractivity contribution in [2.75, 3.05) is 0 Å². The standard InChI is InChI=1S/C18H25NS2/c1-2-3-4-5-6-7-8-9-15-10-12-16(13-11-15)17-14-21-18(20)19-17/h10-14H,2-9H2,1H3,(H,19,20). The Hall–Kier alpha value is -0.930. The van der Waals surface area contributed by atoms with Crippen molar-refractivity contribution in [3.05, 3.63) is 39.2 Å². The summed E-state index contributed by atoms with van der Waals surface area (Å²) in [6.07, 6.45) is 10.8. The zero-order valence-corrected chi connectivity index (χ0v) is 14.5. The number of aryl methyl sites for hydroxylation is 1. The van der Waals surface area contributed by atoms with Crippen LogP contribution in [0.1, 0.15) is 57.4 Å². The number of benzene rings is 1. The van der Waals surface area contributed by atoms with E-state index in [-0.39, 0.29) is 0 Å². The van der Waals surface area contributed by atoms with Crippen LogP contribution in [0.25, 0.3) is 11.3 Å². The molecular weight excluding hydrogens is 294 g/mol. The largest absolute Gasteiger partial charge is 0.337 e. The van der Waals surface area contributed by atoms with Crippen molar-refractivity contribution in [3.8, 4) is 11.3 Å². The van der Waals surface area contributed by atoms with Gasteiger partial charge in [0, 0.05) is 5.38 Å². The smallest absolute Gasteiger partial charge is 0.158 e. The van der Waals surface area contributed by atoms with Crippen molar-refractivity contribution in [1.82, 2.24) is 4.98 Å². The van der Waals surface area contributed by atoms with Crippen LogP contribution < -0.4 is 0 Å². The minimum absolute atomic E-state index is 0.845. The second-order valence-corrected chi connectivity index (χ2v) is 7.18.